The van der Waals surface area contributed by atoms with Crippen molar-refractivity contribution in [1.29, 1.82) is 0 Å². The summed E-state index contributed by atoms with van der Waals surface area (Å²) >= 11 is 0. The third-order valence-corrected chi connectivity index (χ3v) is 4.12. The molecule has 1 aromatic rings. The Balaban J connectivity index is 2.13. The van der Waals surface area contributed by atoms with Crippen LogP contribution < -0.4 is 11.1 Å². The summed E-state index contributed by atoms with van der Waals surface area (Å²) in [4.78, 5) is 23.9. The molecule has 140 valence electrons. The Bertz CT molecular complexity index is 514. The van der Waals surface area contributed by atoms with Crippen LogP contribution in [0, 0.1) is 0 Å². The molecule has 0 aliphatic heterocycles. The summed E-state index contributed by atoms with van der Waals surface area (Å²) in [7, 11) is 0. The Hall–Kier alpha value is -2.04. The average molecular weight is 348 g/mol. The molecule has 3 N–H and O–H groups in total. The summed E-state index contributed by atoms with van der Waals surface area (Å²) in [6.45, 7) is 4.26. The Kier molecular flexibility index (Phi) is 10.4. The van der Waals surface area contributed by atoms with Gasteiger partial charge < -0.3 is 15.8 Å². The lowest BCUT2D eigenvalue weighted by molar-refractivity contribution is -0.145. The molecule has 1 aromatic carbocycles. The molecule has 0 aliphatic rings. The number of nitrogens with two attached hydrogens (primary N) is 1. The van der Waals surface area contributed by atoms with Crippen molar-refractivity contribution >= 4 is 17.6 Å². The number of anilines is 1. The highest BCUT2D eigenvalue weighted by molar-refractivity contribution is 5.96. The molecule has 0 fully saturated rings. The monoisotopic (exact) mass is 348 g/mol. The van der Waals surface area contributed by atoms with Crippen LogP contribution in [0.4, 0.5) is 5.69 Å². The number of benzene rings is 1. The fourth-order valence-corrected chi connectivity index (χ4v) is 2.51. The average Bonchev–Trinajstić information content (AvgIpc) is 2.60. The number of nitrogen functional groups attached to an aromatic ring is 1. The van der Waals surface area contributed by atoms with E-state index >= 15 is 0 Å². The molecule has 1 rings (SSSR count). The number of esters is 1. The number of carbonyl (C=O) groups is 2. The Labute approximate surface area is 151 Å². The summed E-state index contributed by atoms with van der Waals surface area (Å²) in [5.74, 6) is -0.705. The standard InChI is InChI=1S/C20H32N2O3/c1-3-4-5-6-7-8-9-10-15-25-20(24)16(2)22-19(23)17-11-13-18(21)14-12-17/h11-14,16H,3-10,15,21H2,1-2H3,(H,22,23)/t16-/m0/s1. The number of rotatable bonds is 12. The molecule has 0 unspecified atom stereocenters. The van der Waals surface area contributed by atoms with E-state index in [1.807, 2.05) is 0 Å². The highest BCUT2D eigenvalue weighted by Crippen LogP contribution is 2.09. The number of nitrogens with one attached hydrogen (secondary N) is 1. The minimum Gasteiger partial charge on any atom is -0.464 e. The van der Waals surface area contributed by atoms with Gasteiger partial charge in [0.2, 0.25) is 0 Å². The second kappa shape index (κ2) is 12.3. The topological polar surface area (TPSA) is 81.4 Å². The van der Waals surface area contributed by atoms with Crippen molar-refractivity contribution in [1.82, 2.24) is 5.32 Å². The van der Waals surface area contributed by atoms with E-state index in [1.165, 1.54) is 38.5 Å². The molecule has 1 atom stereocenters. The van der Waals surface area contributed by atoms with Gasteiger partial charge in [-0.1, -0.05) is 51.9 Å². The van der Waals surface area contributed by atoms with Gasteiger partial charge in [-0.25, -0.2) is 4.79 Å². The van der Waals surface area contributed by atoms with Crippen LogP contribution in [-0.4, -0.2) is 24.5 Å². The second-order valence-electron chi connectivity index (χ2n) is 6.46. The Morgan fingerprint density at radius 1 is 1.00 bits per heavy atom. The molecule has 0 aliphatic carbocycles. The largest absolute Gasteiger partial charge is 0.464 e. The lowest BCUT2D eigenvalue weighted by atomic mass is 10.1. The number of unbranched alkanes of at least 4 members (excludes halogenated alkanes) is 7. The highest BCUT2D eigenvalue weighted by atomic mass is 16.5. The Morgan fingerprint density at radius 2 is 1.56 bits per heavy atom. The van der Waals surface area contributed by atoms with Crippen molar-refractivity contribution in [2.75, 3.05) is 12.3 Å². The zero-order valence-corrected chi connectivity index (χ0v) is 15.6. The predicted octanol–water partition coefficient (Wildman–Crippen LogP) is 4.07. The fourth-order valence-electron chi connectivity index (χ4n) is 2.51. The SMILES string of the molecule is CCCCCCCCCCOC(=O)[C@H](C)NC(=O)c1ccc(N)cc1. The van der Waals surface area contributed by atoms with Gasteiger partial charge in [-0.05, 0) is 37.6 Å². The molecule has 0 saturated heterocycles. The van der Waals surface area contributed by atoms with Crippen LogP contribution >= 0.6 is 0 Å². The maximum absolute atomic E-state index is 12.0. The lowest BCUT2D eigenvalue weighted by Crippen LogP contribution is -2.39. The molecule has 0 heterocycles. The zero-order valence-electron chi connectivity index (χ0n) is 15.6. The zero-order chi connectivity index (χ0) is 18.5. The van der Waals surface area contributed by atoms with Gasteiger partial charge in [-0.2, -0.15) is 0 Å². The highest BCUT2D eigenvalue weighted by Gasteiger charge is 2.17. The van der Waals surface area contributed by atoms with Crippen LogP contribution in [0.2, 0.25) is 0 Å². The number of hydrogen-bond donors (Lipinski definition) is 2. The van der Waals surface area contributed by atoms with Crippen molar-refractivity contribution in [3.05, 3.63) is 29.8 Å². The van der Waals surface area contributed by atoms with Gasteiger partial charge in [0.05, 0.1) is 6.61 Å². The van der Waals surface area contributed by atoms with Crippen LogP contribution in [0.1, 0.15) is 75.6 Å². The van der Waals surface area contributed by atoms with Crippen molar-refractivity contribution in [3.63, 3.8) is 0 Å². The molecular weight excluding hydrogens is 316 g/mol. The van der Waals surface area contributed by atoms with E-state index in [2.05, 4.69) is 12.2 Å². The molecule has 5 heteroatoms. The van der Waals surface area contributed by atoms with Crippen molar-refractivity contribution in [2.24, 2.45) is 0 Å². The van der Waals surface area contributed by atoms with E-state index in [0.29, 0.717) is 17.9 Å². The van der Waals surface area contributed by atoms with E-state index < -0.39 is 12.0 Å². The van der Waals surface area contributed by atoms with Gasteiger partial charge in [0.1, 0.15) is 6.04 Å². The molecule has 0 radical (unpaired) electrons. The molecule has 0 bridgehead atoms. The summed E-state index contributed by atoms with van der Waals surface area (Å²) in [6.07, 6.45) is 9.58. The number of hydrogen-bond acceptors (Lipinski definition) is 4. The van der Waals surface area contributed by atoms with Gasteiger partial charge in [0.25, 0.3) is 5.91 Å². The van der Waals surface area contributed by atoms with Gasteiger partial charge in [0, 0.05) is 11.3 Å². The van der Waals surface area contributed by atoms with Gasteiger partial charge in [-0.3, -0.25) is 4.79 Å². The van der Waals surface area contributed by atoms with E-state index in [4.69, 9.17) is 10.5 Å². The van der Waals surface area contributed by atoms with E-state index in [9.17, 15) is 9.59 Å². The van der Waals surface area contributed by atoms with Crippen LogP contribution in [0.15, 0.2) is 24.3 Å². The first-order valence-electron chi connectivity index (χ1n) is 9.37. The molecule has 1 amide bonds. The maximum Gasteiger partial charge on any atom is 0.328 e. The minimum atomic E-state index is -0.668. The van der Waals surface area contributed by atoms with E-state index in [-0.39, 0.29) is 5.91 Å². The van der Waals surface area contributed by atoms with Gasteiger partial charge >= 0.3 is 5.97 Å². The third kappa shape index (κ3) is 9.13. The maximum atomic E-state index is 12.0. The smallest absolute Gasteiger partial charge is 0.328 e. The van der Waals surface area contributed by atoms with Gasteiger partial charge in [0.15, 0.2) is 0 Å². The first kappa shape index (κ1) is 21.0. The van der Waals surface area contributed by atoms with Gasteiger partial charge in [-0.15, -0.1) is 0 Å². The predicted molar refractivity (Wildman–Crippen MR) is 101 cm³/mol. The van der Waals surface area contributed by atoms with E-state index in [1.54, 1.807) is 31.2 Å². The summed E-state index contributed by atoms with van der Waals surface area (Å²) < 4.78 is 5.23. The molecule has 5 nitrogen and oxygen atoms in total. The van der Waals surface area contributed by atoms with Crippen molar-refractivity contribution in [3.8, 4) is 0 Å². The molecule has 0 spiro atoms. The van der Waals surface area contributed by atoms with Crippen LogP contribution in [0.3, 0.4) is 0 Å². The fraction of sp³-hybridized carbons (Fsp3) is 0.600. The normalized spacial score (nSPS) is 11.8. The first-order chi connectivity index (χ1) is 12.0. The second-order valence-corrected chi connectivity index (χ2v) is 6.46. The van der Waals surface area contributed by atoms with Crippen LogP contribution in [0.25, 0.3) is 0 Å². The Morgan fingerprint density at radius 3 is 2.16 bits per heavy atom. The number of carbonyl (C=O) groups excluding carboxylic acids is 2. The molecular formula is C20H32N2O3. The summed E-state index contributed by atoms with van der Waals surface area (Å²) in [5, 5.41) is 2.64. The van der Waals surface area contributed by atoms with E-state index in [0.717, 1.165) is 12.8 Å². The lowest BCUT2D eigenvalue weighted by Gasteiger charge is -2.13. The number of ether oxygens (including phenoxy) is 1. The van der Waals surface area contributed by atoms with Crippen molar-refractivity contribution in [2.45, 2.75) is 71.3 Å². The summed E-state index contributed by atoms with van der Waals surface area (Å²) in [5.41, 5.74) is 6.65. The van der Waals surface area contributed by atoms with Crippen molar-refractivity contribution < 1.29 is 14.3 Å². The quantitative estimate of drug-likeness (QED) is 0.339. The first-order valence-corrected chi connectivity index (χ1v) is 9.37. The molecule has 0 aromatic heterocycles. The molecule has 25 heavy (non-hydrogen) atoms. The molecule has 0 saturated carbocycles. The van der Waals surface area contributed by atoms with Crippen LogP contribution in [0.5, 0.6) is 0 Å². The minimum absolute atomic E-state index is 0.309. The third-order valence-electron chi connectivity index (χ3n) is 4.12. The number of amides is 1. The summed E-state index contributed by atoms with van der Waals surface area (Å²) in [6, 6.07) is 5.89. The van der Waals surface area contributed by atoms with Crippen LogP contribution in [-0.2, 0) is 9.53 Å².